The highest BCUT2D eigenvalue weighted by molar-refractivity contribution is 9.11. The van der Waals surface area contributed by atoms with Crippen molar-refractivity contribution in [1.82, 2.24) is 0 Å². The third kappa shape index (κ3) is 4.70. The molecule has 0 N–H and O–H groups in total. The fourth-order valence-electron chi connectivity index (χ4n) is 5.80. The molecule has 0 amide bonds. The summed E-state index contributed by atoms with van der Waals surface area (Å²) in [4.78, 5) is -0.319. The lowest BCUT2D eigenvalue weighted by molar-refractivity contribution is -0.137. The number of rotatable bonds is 3. The van der Waals surface area contributed by atoms with Crippen LogP contribution in [-0.2, 0) is 22.4 Å². The molecule has 0 aromatic heterocycles. The number of benzene rings is 5. The second-order valence-electron chi connectivity index (χ2n) is 9.88. The zero-order chi connectivity index (χ0) is 27.5. The molecule has 5 aromatic rings. The van der Waals surface area contributed by atoms with Gasteiger partial charge in [0.25, 0.3) is 0 Å². The van der Waals surface area contributed by atoms with Crippen molar-refractivity contribution >= 4 is 63.2 Å². The van der Waals surface area contributed by atoms with Crippen LogP contribution in [0, 0.1) is 0 Å². The van der Waals surface area contributed by atoms with Crippen LogP contribution in [0.3, 0.4) is 0 Å². The Kier molecular flexibility index (Phi) is 6.63. The summed E-state index contributed by atoms with van der Waals surface area (Å²) in [6, 6.07) is 25.7. The molecule has 2 nitrogen and oxygen atoms in total. The molecule has 2 atom stereocenters. The van der Waals surface area contributed by atoms with E-state index in [1.165, 1.54) is 12.1 Å². The summed E-state index contributed by atoms with van der Waals surface area (Å²) in [5.74, 6) is -0.159. The van der Waals surface area contributed by atoms with Crippen LogP contribution in [0.4, 0.5) is 13.2 Å². The monoisotopic (exact) mass is 672 g/mol. The molecule has 0 saturated carbocycles. The van der Waals surface area contributed by atoms with Crippen molar-refractivity contribution in [3.8, 4) is 0 Å². The summed E-state index contributed by atoms with van der Waals surface area (Å²) in [5.41, 5.74) is 1.55. The predicted octanol–water partition coefficient (Wildman–Crippen LogP) is 9.78. The van der Waals surface area contributed by atoms with Crippen LogP contribution in [0.1, 0.15) is 39.8 Å². The minimum absolute atomic E-state index is 0.159. The molecule has 2 unspecified atom stereocenters. The van der Waals surface area contributed by atoms with E-state index in [1.54, 1.807) is 0 Å². The van der Waals surface area contributed by atoms with E-state index in [-0.39, 0.29) is 17.2 Å². The van der Waals surface area contributed by atoms with Gasteiger partial charge >= 0.3 is 6.18 Å². The Balaban J connectivity index is 1.60. The highest BCUT2D eigenvalue weighted by Crippen LogP contribution is 2.49. The number of halogens is 5. The summed E-state index contributed by atoms with van der Waals surface area (Å²) in [7, 11) is -4.19. The smallest absolute Gasteiger partial charge is 0.223 e. The van der Waals surface area contributed by atoms with Crippen LogP contribution < -0.4 is 0 Å². The predicted molar refractivity (Wildman–Crippen MR) is 156 cm³/mol. The number of alkyl halides is 3. The fraction of sp³-hybridized carbons (Fsp3) is 0.161. The van der Waals surface area contributed by atoms with Crippen molar-refractivity contribution in [1.29, 1.82) is 0 Å². The largest absolute Gasteiger partial charge is 0.416 e. The molecular formula is C31H21Br2F3O2S. The lowest BCUT2D eigenvalue weighted by Crippen LogP contribution is -2.25. The highest BCUT2D eigenvalue weighted by Gasteiger charge is 2.40. The standard InChI is InChI=1S/C31H21Br2F3O2S/c32-22-10-13-28(33)27(17-22)20-14-19-9-11-25-24-7-2-1-4-18(24)8-12-26(25)30(19)29(15-20)39(37,38)23-6-3-5-21(16-23)31(34,35)36/h1-13,16-17,20,29H,14-15H2. The van der Waals surface area contributed by atoms with Crippen LogP contribution >= 0.6 is 31.9 Å². The molecule has 1 aliphatic rings. The maximum atomic E-state index is 14.3. The van der Waals surface area contributed by atoms with E-state index in [9.17, 15) is 21.6 Å². The molecule has 8 heteroatoms. The number of hydrogen-bond acceptors (Lipinski definition) is 2. The molecule has 0 heterocycles. The molecular weight excluding hydrogens is 653 g/mol. The Morgan fingerprint density at radius 3 is 2.33 bits per heavy atom. The maximum Gasteiger partial charge on any atom is 0.416 e. The third-order valence-electron chi connectivity index (χ3n) is 7.61. The van der Waals surface area contributed by atoms with Crippen LogP contribution in [-0.4, -0.2) is 8.42 Å². The van der Waals surface area contributed by atoms with Gasteiger partial charge in [0.15, 0.2) is 9.84 Å². The van der Waals surface area contributed by atoms with Crippen LogP contribution in [0.25, 0.3) is 21.5 Å². The molecule has 39 heavy (non-hydrogen) atoms. The average Bonchev–Trinajstić information content (AvgIpc) is 2.93. The molecule has 0 aliphatic heterocycles. The first-order chi connectivity index (χ1) is 18.5. The first kappa shape index (κ1) is 26.5. The van der Waals surface area contributed by atoms with Crippen molar-refractivity contribution in [2.45, 2.75) is 35.1 Å². The lowest BCUT2D eigenvalue weighted by Gasteiger charge is -2.33. The first-order valence-corrected chi connectivity index (χ1v) is 15.5. The lowest BCUT2D eigenvalue weighted by atomic mass is 9.78. The van der Waals surface area contributed by atoms with E-state index in [4.69, 9.17) is 0 Å². The molecule has 198 valence electrons. The van der Waals surface area contributed by atoms with Crippen LogP contribution in [0.2, 0.25) is 0 Å². The molecule has 6 rings (SSSR count). The third-order valence-corrected chi connectivity index (χ3v) is 10.9. The Bertz CT molecular complexity index is 1870. The topological polar surface area (TPSA) is 34.1 Å². The van der Waals surface area contributed by atoms with Gasteiger partial charge in [-0.3, -0.25) is 0 Å². The second-order valence-corrected chi connectivity index (χ2v) is 13.8. The Morgan fingerprint density at radius 2 is 1.54 bits per heavy atom. The summed E-state index contributed by atoms with van der Waals surface area (Å²) in [5, 5.41) is 2.76. The van der Waals surface area contributed by atoms with E-state index < -0.39 is 26.8 Å². The van der Waals surface area contributed by atoms with Crippen molar-refractivity contribution in [2.75, 3.05) is 0 Å². The van der Waals surface area contributed by atoms with Gasteiger partial charge in [-0.25, -0.2) is 8.42 Å². The Morgan fingerprint density at radius 1 is 0.769 bits per heavy atom. The molecule has 1 aliphatic carbocycles. The van der Waals surface area contributed by atoms with E-state index >= 15 is 0 Å². The number of fused-ring (bicyclic) bond motifs is 5. The quantitative estimate of drug-likeness (QED) is 0.179. The van der Waals surface area contributed by atoms with Crippen LogP contribution in [0.15, 0.2) is 105 Å². The van der Waals surface area contributed by atoms with Gasteiger partial charge in [0.05, 0.1) is 15.7 Å². The van der Waals surface area contributed by atoms with Crippen molar-refractivity contribution in [3.63, 3.8) is 0 Å². The van der Waals surface area contributed by atoms with E-state index in [0.717, 1.165) is 53.7 Å². The van der Waals surface area contributed by atoms with Gasteiger partial charge in [0.1, 0.15) is 0 Å². The summed E-state index contributed by atoms with van der Waals surface area (Å²) < 4.78 is 71.0. The number of hydrogen-bond donors (Lipinski definition) is 0. The van der Waals surface area contributed by atoms with E-state index in [2.05, 4.69) is 31.9 Å². The number of sulfone groups is 1. The second kappa shape index (κ2) is 9.75. The Labute approximate surface area is 241 Å². The van der Waals surface area contributed by atoms with Gasteiger partial charge in [0, 0.05) is 8.95 Å². The van der Waals surface area contributed by atoms with Gasteiger partial charge in [-0.05, 0) is 93.4 Å². The Hall–Kier alpha value is -2.68. The zero-order valence-electron chi connectivity index (χ0n) is 20.3. The van der Waals surface area contributed by atoms with Crippen molar-refractivity contribution in [3.05, 3.63) is 122 Å². The summed E-state index contributed by atoms with van der Waals surface area (Å²) in [6.07, 6.45) is -3.79. The molecule has 0 radical (unpaired) electrons. The zero-order valence-corrected chi connectivity index (χ0v) is 24.3. The molecule has 0 saturated heterocycles. The van der Waals surface area contributed by atoms with E-state index in [0.29, 0.717) is 12.0 Å². The molecule has 0 spiro atoms. The summed E-state index contributed by atoms with van der Waals surface area (Å²) >= 11 is 7.15. The van der Waals surface area contributed by atoms with Crippen molar-refractivity contribution in [2.24, 2.45) is 0 Å². The SMILES string of the molecule is O=S(=O)(c1cccc(C(F)(F)F)c1)C1CC(c2cc(Br)ccc2Br)Cc2ccc3c(ccc4ccccc43)c21. The van der Waals surface area contributed by atoms with Crippen molar-refractivity contribution < 1.29 is 21.6 Å². The van der Waals surface area contributed by atoms with Gasteiger partial charge in [-0.1, -0.05) is 86.5 Å². The van der Waals surface area contributed by atoms with Gasteiger partial charge in [0.2, 0.25) is 0 Å². The maximum absolute atomic E-state index is 14.3. The molecule has 0 fully saturated rings. The van der Waals surface area contributed by atoms with Gasteiger partial charge in [-0.15, -0.1) is 0 Å². The van der Waals surface area contributed by atoms with Gasteiger partial charge in [-0.2, -0.15) is 13.2 Å². The average molecular weight is 674 g/mol. The van der Waals surface area contributed by atoms with Crippen LogP contribution in [0.5, 0.6) is 0 Å². The summed E-state index contributed by atoms with van der Waals surface area (Å²) in [6.45, 7) is 0. The highest BCUT2D eigenvalue weighted by atomic mass is 79.9. The minimum atomic E-state index is -4.65. The van der Waals surface area contributed by atoms with E-state index in [1.807, 2.05) is 66.7 Å². The fourth-order valence-corrected chi connectivity index (χ4v) is 8.71. The van der Waals surface area contributed by atoms with Gasteiger partial charge < -0.3 is 0 Å². The normalized spacial score (nSPS) is 17.9. The molecule has 5 aromatic carbocycles. The molecule has 0 bridgehead atoms. The minimum Gasteiger partial charge on any atom is -0.223 e. The first-order valence-electron chi connectivity index (χ1n) is 12.3.